The highest BCUT2D eigenvalue weighted by Crippen LogP contribution is 2.11. The second-order valence-corrected chi connectivity index (χ2v) is 4.87. The minimum Gasteiger partial charge on any atom is -0.546 e. The highest BCUT2D eigenvalue weighted by Gasteiger charge is 2.03. The van der Waals surface area contributed by atoms with Crippen LogP contribution in [0.2, 0.25) is 5.02 Å². The van der Waals surface area contributed by atoms with Crippen molar-refractivity contribution in [1.82, 2.24) is 5.43 Å². The minimum atomic E-state index is -1.29. The van der Waals surface area contributed by atoms with Crippen LogP contribution in [0.25, 0.3) is 0 Å². The fraction of sp³-hybridized carbons (Fsp3) is 0.0625. The first kappa shape index (κ1) is 16.5. The molecule has 1 N–H and O–H groups in total. The van der Waals surface area contributed by atoms with E-state index in [1.165, 1.54) is 6.21 Å². The quantitative estimate of drug-likeness (QED) is 0.636. The molecular formula is C16H12ClN2O4-. The van der Waals surface area contributed by atoms with Crippen LogP contribution in [0.5, 0.6) is 5.75 Å². The maximum absolute atomic E-state index is 11.8. The SMILES string of the molecule is O=C([O-])COc1ccc(/C=N\NC(=O)c2ccc(Cl)cc2)cc1. The zero-order valence-electron chi connectivity index (χ0n) is 11.9. The van der Waals surface area contributed by atoms with Gasteiger partial charge in [0.05, 0.1) is 12.2 Å². The van der Waals surface area contributed by atoms with Crippen molar-refractivity contribution in [3.8, 4) is 5.75 Å². The Morgan fingerprint density at radius 3 is 2.39 bits per heavy atom. The molecule has 0 saturated carbocycles. The van der Waals surface area contributed by atoms with Crippen molar-refractivity contribution in [3.05, 3.63) is 64.7 Å². The second-order valence-electron chi connectivity index (χ2n) is 4.44. The van der Waals surface area contributed by atoms with E-state index in [2.05, 4.69) is 10.5 Å². The molecule has 0 aliphatic heterocycles. The van der Waals surface area contributed by atoms with Crippen molar-refractivity contribution < 1.29 is 19.4 Å². The van der Waals surface area contributed by atoms with Gasteiger partial charge in [0.1, 0.15) is 12.4 Å². The number of benzene rings is 2. The summed E-state index contributed by atoms with van der Waals surface area (Å²) in [4.78, 5) is 22.1. The van der Waals surface area contributed by atoms with Gasteiger partial charge in [0.25, 0.3) is 5.91 Å². The lowest BCUT2D eigenvalue weighted by Crippen LogP contribution is -2.28. The van der Waals surface area contributed by atoms with Gasteiger partial charge in [0.2, 0.25) is 0 Å². The van der Waals surface area contributed by atoms with Crippen molar-refractivity contribution in [2.45, 2.75) is 0 Å². The molecule has 23 heavy (non-hydrogen) atoms. The summed E-state index contributed by atoms with van der Waals surface area (Å²) >= 11 is 5.75. The standard InChI is InChI=1S/C16H13ClN2O4/c17-13-5-3-12(4-6-13)16(22)19-18-9-11-1-7-14(8-2-11)23-10-15(20)21/h1-9H,10H2,(H,19,22)(H,20,21)/p-1/b18-9-. The van der Waals surface area contributed by atoms with E-state index >= 15 is 0 Å². The first-order valence-corrected chi connectivity index (χ1v) is 6.94. The van der Waals surface area contributed by atoms with Crippen LogP contribution in [0.15, 0.2) is 53.6 Å². The number of aliphatic carboxylic acids is 1. The molecule has 0 fully saturated rings. The van der Waals surface area contributed by atoms with Crippen molar-refractivity contribution >= 4 is 29.7 Å². The van der Waals surface area contributed by atoms with Gasteiger partial charge in [-0.25, -0.2) is 5.43 Å². The molecule has 0 aliphatic rings. The van der Waals surface area contributed by atoms with Gasteiger partial charge in [0.15, 0.2) is 0 Å². The van der Waals surface area contributed by atoms with Gasteiger partial charge in [0, 0.05) is 10.6 Å². The van der Waals surface area contributed by atoms with E-state index in [1.54, 1.807) is 48.5 Å². The van der Waals surface area contributed by atoms with Crippen LogP contribution >= 0.6 is 11.6 Å². The number of amides is 1. The minimum absolute atomic E-state index is 0.355. The average Bonchev–Trinajstić information content (AvgIpc) is 2.54. The van der Waals surface area contributed by atoms with E-state index in [0.717, 1.165) is 0 Å². The number of carbonyl (C=O) groups excluding carboxylic acids is 2. The first-order chi connectivity index (χ1) is 11.0. The molecule has 0 aliphatic carbocycles. The number of ether oxygens (including phenoxy) is 1. The lowest BCUT2D eigenvalue weighted by atomic mass is 10.2. The number of halogens is 1. The highest BCUT2D eigenvalue weighted by atomic mass is 35.5. The van der Waals surface area contributed by atoms with Crippen LogP contribution in [-0.2, 0) is 4.79 Å². The van der Waals surface area contributed by atoms with Crippen LogP contribution in [0.1, 0.15) is 15.9 Å². The molecule has 1 amide bonds. The molecule has 0 saturated heterocycles. The molecule has 0 heterocycles. The van der Waals surface area contributed by atoms with E-state index in [0.29, 0.717) is 21.9 Å². The Morgan fingerprint density at radius 2 is 1.78 bits per heavy atom. The molecule has 2 aromatic rings. The van der Waals surface area contributed by atoms with Gasteiger partial charge < -0.3 is 14.6 Å². The Hall–Kier alpha value is -2.86. The van der Waals surface area contributed by atoms with Crippen LogP contribution in [0.3, 0.4) is 0 Å². The first-order valence-electron chi connectivity index (χ1n) is 6.56. The Morgan fingerprint density at radius 1 is 1.13 bits per heavy atom. The number of hydrogen-bond donors (Lipinski definition) is 1. The number of rotatable bonds is 6. The summed E-state index contributed by atoms with van der Waals surface area (Å²) in [5, 5.41) is 14.7. The predicted octanol–water partition coefficient (Wildman–Crippen LogP) is 1.23. The molecule has 0 atom stereocenters. The van der Waals surface area contributed by atoms with E-state index in [4.69, 9.17) is 16.3 Å². The molecule has 2 rings (SSSR count). The number of nitrogens with one attached hydrogen (secondary N) is 1. The third-order valence-electron chi connectivity index (χ3n) is 2.72. The highest BCUT2D eigenvalue weighted by molar-refractivity contribution is 6.30. The van der Waals surface area contributed by atoms with Crippen LogP contribution < -0.4 is 15.3 Å². The Bertz CT molecular complexity index is 712. The molecule has 0 spiro atoms. The zero-order chi connectivity index (χ0) is 16.7. The number of hydrogen-bond acceptors (Lipinski definition) is 5. The third kappa shape index (κ3) is 5.44. The van der Waals surface area contributed by atoms with Gasteiger partial charge in [-0.05, 0) is 54.1 Å². The number of carbonyl (C=O) groups is 2. The van der Waals surface area contributed by atoms with E-state index in [9.17, 15) is 14.7 Å². The summed E-state index contributed by atoms with van der Waals surface area (Å²) in [5.74, 6) is -1.25. The molecule has 118 valence electrons. The molecule has 6 nitrogen and oxygen atoms in total. The molecule has 2 aromatic carbocycles. The van der Waals surface area contributed by atoms with Crippen molar-refractivity contribution in [3.63, 3.8) is 0 Å². The van der Waals surface area contributed by atoms with Crippen LogP contribution in [-0.4, -0.2) is 24.7 Å². The predicted molar refractivity (Wildman–Crippen MR) is 83.5 cm³/mol. The zero-order valence-corrected chi connectivity index (χ0v) is 12.6. The Balaban J connectivity index is 1.88. The van der Waals surface area contributed by atoms with Crippen molar-refractivity contribution in [2.75, 3.05) is 6.61 Å². The molecule has 0 unspecified atom stereocenters. The number of carboxylic acid groups (broad SMARTS) is 1. The maximum Gasteiger partial charge on any atom is 0.271 e. The van der Waals surface area contributed by atoms with Crippen LogP contribution in [0.4, 0.5) is 0 Å². The monoisotopic (exact) mass is 331 g/mol. The summed E-state index contributed by atoms with van der Waals surface area (Å²) < 4.78 is 4.95. The fourth-order valence-corrected chi connectivity index (χ4v) is 1.75. The van der Waals surface area contributed by atoms with Gasteiger partial charge in [-0.1, -0.05) is 11.6 Å². The van der Waals surface area contributed by atoms with Crippen LogP contribution in [0, 0.1) is 0 Å². The van der Waals surface area contributed by atoms with Gasteiger partial charge in [-0.3, -0.25) is 4.79 Å². The van der Waals surface area contributed by atoms with E-state index < -0.39 is 12.6 Å². The fourth-order valence-electron chi connectivity index (χ4n) is 1.62. The molecule has 0 radical (unpaired) electrons. The summed E-state index contributed by atoms with van der Waals surface area (Å²) in [6.45, 7) is -0.509. The topological polar surface area (TPSA) is 90.8 Å². The maximum atomic E-state index is 11.8. The molecular weight excluding hydrogens is 320 g/mol. The molecule has 0 aromatic heterocycles. The lowest BCUT2D eigenvalue weighted by molar-refractivity contribution is -0.307. The third-order valence-corrected chi connectivity index (χ3v) is 2.97. The van der Waals surface area contributed by atoms with Crippen molar-refractivity contribution in [1.29, 1.82) is 0 Å². The molecule has 7 heteroatoms. The largest absolute Gasteiger partial charge is 0.546 e. The summed E-state index contributed by atoms with van der Waals surface area (Å²) in [7, 11) is 0. The Labute approximate surface area is 137 Å². The van der Waals surface area contributed by atoms with Gasteiger partial charge in [-0.2, -0.15) is 5.10 Å². The van der Waals surface area contributed by atoms with E-state index in [-0.39, 0.29) is 5.91 Å². The lowest BCUT2D eigenvalue weighted by Gasteiger charge is -2.06. The van der Waals surface area contributed by atoms with Crippen molar-refractivity contribution in [2.24, 2.45) is 5.10 Å². The van der Waals surface area contributed by atoms with Gasteiger partial charge in [-0.15, -0.1) is 0 Å². The molecule has 0 bridgehead atoms. The van der Waals surface area contributed by atoms with Gasteiger partial charge >= 0.3 is 0 Å². The van der Waals surface area contributed by atoms with E-state index in [1.807, 2.05) is 0 Å². The summed E-state index contributed by atoms with van der Waals surface area (Å²) in [6, 6.07) is 12.9. The Kier molecular flexibility index (Phi) is 5.71. The summed E-state index contributed by atoms with van der Waals surface area (Å²) in [6.07, 6.45) is 1.45. The number of hydrazone groups is 1. The average molecular weight is 332 g/mol. The summed E-state index contributed by atoms with van der Waals surface area (Å²) in [5.41, 5.74) is 3.54. The second kappa shape index (κ2) is 7.95. The number of carboxylic acids is 1. The smallest absolute Gasteiger partial charge is 0.271 e. The normalized spacial score (nSPS) is 10.5. The number of nitrogens with zero attached hydrogens (tertiary/aromatic N) is 1.